The fraction of sp³-hybridized carbons (Fsp3) is 0.189. The zero-order valence-electron chi connectivity index (χ0n) is 23.1. The summed E-state index contributed by atoms with van der Waals surface area (Å²) in [6.45, 7) is 12.9. The zero-order valence-corrected chi connectivity index (χ0v) is 23.1. The minimum absolute atomic E-state index is 0.112. The Morgan fingerprint density at radius 3 is 2.58 bits per heavy atom. The first kappa shape index (κ1) is 24.5. The topological polar surface area (TPSA) is 37.9 Å². The highest BCUT2D eigenvalue weighted by molar-refractivity contribution is 6.18. The average Bonchev–Trinajstić information content (AvgIpc) is 3.39. The van der Waals surface area contributed by atoms with Gasteiger partial charge >= 0.3 is 0 Å². The Kier molecular flexibility index (Phi) is 5.89. The number of hydrogen-bond acceptors (Lipinski definition) is 3. The molecule has 4 aromatic carbocycles. The lowest BCUT2D eigenvalue weighted by atomic mass is 9.79. The van der Waals surface area contributed by atoms with Crippen LogP contribution in [-0.2, 0) is 6.42 Å². The predicted molar refractivity (Wildman–Crippen MR) is 168 cm³/mol. The molecule has 3 nitrogen and oxygen atoms in total. The van der Waals surface area contributed by atoms with Crippen molar-refractivity contribution < 1.29 is 4.42 Å². The first-order valence-electron chi connectivity index (χ1n) is 14.2. The van der Waals surface area contributed by atoms with Crippen molar-refractivity contribution >= 4 is 33.4 Å². The minimum atomic E-state index is -0.112. The second-order valence-electron chi connectivity index (χ2n) is 10.9. The summed E-state index contributed by atoms with van der Waals surface area (Å²) in [6.07, 6.45) is 4.51. The van der Waals surface area contributed by atoms with Crippen molar-refractivity contribution in [3.05, 3.63) is 132 Å². The smallest absolute Gasteiger partial charge is 0.145 e. The van der Waals surface area contributed by atoms with E-state index in [4.69, 9.17) is 14.4 Å². The van der Waals surface area contributed by atoms with Crippen LogP contribution in [0.25, 0.3) is 33.1 Å². The lowest BCUT2D eigenvalue weighted by Crippen LogP contribution is -2.27. The van der Waals surface area contributed by atoms with E-state index in [1.165, 1.54) is 33.2 Å². The first-order chi connectivity index (χ1) is 19.6. The van der Waals surface area contributed by atoms with Crippen molar-refractivity contribution in [1.29, 1.82) is 0 Å². The van der Waals surface area contributed by atoms with E-state index < -0.39 is 0 Å². The summed E-state index contributed by atoms with van der Waals surface area (Å²) in [5.74, 6) is 0.209. The van der Waals surface area contributed by atoms with E-state index in [1.807, 2.05) is 12.1 Å². The molecule has 2 aliphatic rings. The van der Waals surface area contributed by atoms with Gasteiger partial charge in [0.2, 0.25) is 0 Å². The van der Waals surface area contributed by atoms with Gasteiger partial charge in [-0.25, -0.2) is 0 Å². The number of aliphatic imine (C=N–C) groups is 2. The highest BCUT2D eigenvalue weighted by Gasteiger charge is 2.34. The van der Waals surface area contributed by atoms with E-state index >= 15 is 0 Å². The van der Waals surface area contributed by atoms with Gasteiger partial charge in [-0.2, -0.15) is 0 Å². The number of fused-ring (bicyclic) bond motifs is 8. The molecule has 2 atom stereocenters. The molecule has 0 bridgehead atoms. The molecule has 0 aliphatic carbocycles. The molecule has 7 rings (SSSR count). The fourth-order valence-corrected chi connectivity index (χ4v) is 6.72. The molecule has 0 radical (unpaired) electrons. The quantitative estimate of drug-likeness (QED) is 0.233. The molecule has 3 heteroatoms. The Balaban J connectivity index is 1.43. The van der Waals surface area contributed by atoms with Crippen LogP contribution in [0.4, 0.5) is 0 Å². The maximum absolute atomic E-state index is 6.76. The number of rotatable bonds is 3. The third-order valence-electron chi connectivity index (χ3n) is 8.59. The van der Waals surface area contributed by atoms with Crippen LogP contribution in [0.2, 0.25) is 0 Å². The zero-order chi connectivity index (χ0) is 27.4. The SMILES string of the molecule is C=CC1=NC2C(=C)/N=C(/CC)c3c(cc(C)c4c3oc3cc(-c5ccccc5)ccc34)CCC2c2ccccc21. The molecule has 0 amide bonds. The molecule has 0 spiro atoms. The fourth-order valence-electron chi connectivity index (χ4n) is 6.72. The maximum atomic E-state index is 6.76. The van der Waals surface area contributed by atoms with Gasteiger partial charge in [0.15, 0.2) is 0 Å². The Morgan fingerprint density at radius 2 is 1.77 bits per heavy atom. The Bertz CT molecular complexity index is 1890. The molecule has 40 heavy (non-hydrogen) atoms. The van der Waals surface area contributed by atoms with E-state index in [2.05, 4.69) is 99.8 Å². The van der Waals surface area contributed by atoms with Crippen LogP contribution >= 0.6 is 0 Å². The maximum Gasteiger partial charge on any atom is 0.145 e. The Hall–Kier alpha value is -4.50. The van der Waals surface area contributed by atoms with Gasteiger partial charge < -0.3 is 4.42 Å². The van der Waals surface area contributed by atoms with Gasteiger partial charge in [-0.15, -0.1) is 0 Å². The lowest BCUT2D eigenvalue weighted by Gasteiger charge is -2.31. The lowest BCUT2D eigenvalue weighted by molar-refractivity contribution is 0.540. The van der Waals surface area contributed by atoms with Gasteiger partial charge in [-0.3, -0.25) is 9.98 Å². The third kappa shape index (κ3) is 3.80. The summed E-state index contributed by atoms with van der Waals surface area (Å²) >= 11 is 0. The van der Waals surface area contributed by atoms with Crippen molar-refractivity contribution in [2.24, 2.45) is 9.98 Å². The van der Waals surface area contributed by atoms with Crippen LogP contribution in [0.15, 0.2) is 118 Å². The summed E-state index contributed by atoms with van der Waals surface area (Å²) < 4.78 is 6.76. The van der Waals surface area contributed by atoms with Crippen molar-refractivity contribution in [3.8, 4) is 11.1 Å². The van der Waals surface area contributed by atoms with E-state index in [0.717, 1.165) is 64.1 Å². The summed E-state index contributed by atoms with van der Waals surface area (Å²) in [6, 6.07) is 27.9. The summed E-state index contributed by atoms with van der Waals surface area (Å²) in [4.78, 5) is 10.4. The summed E-state index contributed by atoms with van der Waals surface area (Å²) in [5.41, 5.74) is 13.1. The third-order valence-corrected chi connectivity index (χ3v) is 8.59. The second-order valence-corrected chi connectivity index (χ2v) is 10.9. The summed E-state index contributed by atoms with van der Waals surface area (Å²) in [5, 5.41) is 2.32. The average molecular weight is 521 g/mol. The van der Waals surface area contributed by atoms with Crippen molar-refractivity contribution in [2.75, 3.05) is 0 Å². The van der Waals surface area contributed by atoms with E-state index in [1.54, 1.807) is 0 Å². The molecule has 0 fully saturated rings. The molecule has 196 valence electrons. The van der Waals surface area contributed by atoms with Gasteiger partial charge in [-0.05, 0) is 72.2 Å². The van der Waals surface area contributed by atoms with Crippen LogP contribution in [0.1, 0.15) is 53.5 Å². The summed E-state index contributed by atoms with van der Waals surface area (Å²) in [7, 11) is 0. The van der Waals surface area contributed by atoms with Gasteiger partial charge in [0, 0.05) is 27.8 Å². The van der Waals surface area contributed by atoms with Crippen LogP contribution in [0.5, 0.6) is 0 Å². The van der Waals surface area contributed by atoms with Crippen LogP contribution < -0.4 is 0 Å². The molecule has 0 saturated carbocycles. The molecule has 2 unspecified atom stereocenters. The molecular formula is C37H32N2O. The molecule has 3 heterocycles. The number of nitrogens with zero attached hydrogens (tertiary/aromatic N) is 2. The Labute approximate surface area is 235 Å². The van der Waals surface area contributed by atoms with Crippen LogP contribution in [0, 0.1) is 6.92 Å². The van der Waals surface area contributed by atoms with Gasteiger partial charge in [-0.1, -0.05) is 86.8 Å². The first-order valence-corrected chi connectivity index (χ1v) is 14.2. The Morgan fingerprint density at radius 1 is 0.975 bits per heavy atom. The highest BCUT2D eigenvalue weighted by Crippen LogP contribution is 2.42. The van der Waals surface area contributed by atoms with Gasteiger partial charge in [0.05, 0.1) is 23.2 Å². The monoisotopic (exact) mass is 520 g/mol. The second kappa shape index (κ2) is 9.60. The molecular weight excluding hydrogens is 488 g/mol. The van der Waals surface area contributed by atoms with Crippen LogP contribution in [-0.4, -0.2) is 17.5 Å². The van der Waals surface area contributed by atoms with E-state index in [0.29, 0.717) is 0 Å². The van der Waals surface area contributed by atoms with Crippen molar-refractivity contribution in [1.82, 2.24) is 0 Å². The van der Waals surface area contributed by atoms with E-state index in [-0.39, 0.29) is 12.0 Å². The molecule has 1 aromatic heterocycles. The highest BCUT2D eigenvalue weighted by atomic mass is 16.3. The predicted octanol–water partition coefficient (Wildman–Crippen LogP) is 9.36. The minimum Gasteiger partial charge on any atom is -0.455 e. The number of benzene rings is 4. The number of aryl methyl sites for hydroxylation is 2. The molecule has 0 N–H and O–H groups in total. The molecule has 2 aliphatic heterocycles. The molecule has 0 saturated heterocycles. The largest absolute Gasteiger partial charge is 0.455 e. The number of furan rings is 1. The van der Waals surface area contributed by atoms with Crippen molar-refractivity contribution in [3.63, 3.8) is 0 Å². The standard InChI is InChI=1S/C37H32N2O/c1-5-31-28-15-11-10-14-27(28)29-18-17-26-20-22(3)34-30-19-16-25(24-12-8-7-9-13-24)21-33(30)40-37(34)35(26)32(6-2)38-23(4)36(29)39-31/h5,7-16,19-21,29,36H,1,4,6,17-18H2,2-3H3/b38-32-. The molecule has 5 aromatic rings. The number of allylic oxidation sites excluding steroid dienone is 1. The van der Waals surface area contributed by atoms with Crippen LogP contribution in [0.3, 0.4) is 0 Å². The van der Waals surface area contributed by atoms with E-state index in [9.17, 15) is 0 Å². The van der Waals surface area contributed by atoms with Gasteiger partial charge in [0.1, 0.15) is 11.2 Å². The normalized spacial score (nSPS) is 19.9. The van der Waals surface area contributed by atoms with Gasteiger partial charge in [0.25, 0.3) is 0 Å². The number of hydrogen-bond donors (Lipinski definition) is 0. The van der Waals surface area contributed by atoms with Crippen molar-refractivity contribution in [2.45, 2.75) is 45.1 Å².